The second kappa shape index (κ2) is 11.0. The van der Waals surface area contributed by atoms with Crippen LogP contribution < -0.4 is 10.2 Å². The van der Waals surface area contributed by atoms with Crippen LogP contribution >= 0.6 is 11.8 Å². The van der Waals surface area contributed by atoms with Crippen molar-refractivity contribution in [2.24, 2.45) is 4.99 Å². The lowest BCUT2D eigenvalue weighted by molar-refractivity contribution is -0.121. The third-order valence-corrected chi connectivity index (χ3v) is 8.59. The minimum absolute atomic E-state index is 0.00182. The lowest BCUT2D eigenvalue weighted by atomic mass is 10.1. The zero-order valence-corrected chi connectivity index (χ0v) is 22.2. The van der Waals surface area contributed by atoms with Gasteiger partial charge in [0.25, 0.3) is 11.8 Å². The van der Waals surface area contributed by atoms with E-state index in [1.54, 1.807) is 24.3 Å². The number of amidine groups is 1. The summed E-state index contributed by atoms with van der Waals surface area (Å²) in [7, 11) is 0. The highest BCUT2D eigenvalue weighted by atomic mass is 32.2. The van der Waals surface area contributed by atoms with Gasteiger partial charge < -0.3 is 20.0 Å². The van der Waals surface area contributed by atoms with E-state index in [9.17, 15) is 14.4 Å². The van der Waals surface area contributed by atoms with Crippen molar-refractivity contribution in [3.63, 3.8) is 0 Å². The summed E-state index contributed by atoms with van der Waals surface area (Å²) in [4.78, 5) is 48.4. The van der Waals surface area contributed by atoms with E-state index in [0.29, 0.717) is 24.3 Å². The van der Waals surface area contributed by atoms with Crippen LogP contribution in [0.15, 0.2) is 47.5 Å². The van der Waals surface area contributed by atoms with Crippen molar-refractivity contribution in [3.05, 3.63) is 59.2 Å². The first kappa shape index (κ1) is 25.3. The second-order valence-electron chi connectivity index (χ2n) is 9.86. The number of likely N-dealkylation sites (tertiary alicyclic amines) is 1. The number of nitrogens with one attached hydrogen (secondary N) is 1. The Balaban J connectivity index is 1.11. The molecule has 0 radical (unpaired) electrons. The standard InChI is InChI=1S/C28H33N5O3S/c1-19-6-5-7-23(20(19)2)31-14-16-32(17-15-31)27(36)21-8-10-22(11-9-21)29-25(34)18-24-26(35)30-28(37-24)33-12-3-4-13-33/h5-11,24H,3-4,12-18H2,1-2H3,(H,29,34)/t24-/m0/s1. The number of thioether (sulfide) groups is 1. The first-order valence-electron chi connectivity index (χ1n) is 12.9. The molecular weight excluding hydrogens is 486 g/mol. The zero-order chi connectivity index (χ0) is 25.9. The van der Waals surface area contributed by atoms with Gasteiger partial charge in [0.05, 0.1) is 0 Å². The number of benzene rings is 2. The molecule has 9 heteroatoms. The van der Waals surface area contributed by atoms with E-state index in [1.807, 2.05) is 4.90 Å². The molecule has 8 nitrogen and oxygen atoms in total. The van der Waals surface area contributed by atoms with Gasteiger partial charge in [0.2, 0.25) is 5.91 Å². The Morgan fingerprint density at radius 2 is 1.65 bits per heavy atom. The molecule has 5 rings (SSSR count). The number of aliphatic imine (C=N–C) groups is 1. The SMILES string of the molecule is Cc1cccc(N2CCN(C(=O)c3ccc(NC(=O)C[C@@H]4SC(N5CCCC5)=NC4=O)cc3)CC2)c1C. The predicted molar refractivity (Wildman–Crippen MR) is 148 cm³/mol. The van der Waals surface area contributed by atoms with Crippen molar-refractivity contribution in [2.45, 2.75) is 38.4 Å². The molecule has 0 bridgehead atoms. The molecule has 0 aliphatic carbocycles. The Bertz CT molecular complexity index is 1210. The van der Waals surface area contributed by atoms with E-state index >= 15 is 0 Å². The second-order valence-corrected chi connectivity index (χ2v) is 11.0. The summed E-state index contributed by atoms with van der Waals surface area (Å²) in [5.74, 6) is -0.468. The van der Waals surface area contributed by atoms with Crippen LogP contribution in [0.1, 0.15) is 40.7 Å². The number of aryl methyl sites for hydroxylation is 1. The van der Waals surface area contributed by atoms with Gasteiger partial charge in [-0.25, -0.2) is 0 Å². The van der Waals surface area contributed by atoms with Gasteiger partial charge in [-0.3, -0.25) is 14.4 Å². The Labute approximate surface area is 222 Å². The fourth-order valence-electron chi connectivity index (χ4n) is 5.04. The third kappa shape index (κ3) is 5.66. The molecule has 3 aliphatic rings. The largest absolute Gasteiger partial charge is 0.368 e. The summed E-state index contributed by atoms with van der Waals surface area (Å²) in [6.45, 7) is 9.04. The lowest BCUT2D eigenvalue weighted by Gasteiger charge is -2.37. The maximum Gasteiger partial charge on any atom is 0.262 e. The fraction of sp³-hybridized carbons (Fsp3) is 0.429. The molecule has 1 N–H and O–H groups in total. The Kier molecular flexibility index (Phi) is 7.50. The number of amides is 3. The number of carbonyl (C=O) groups is 3. The monoisotopic (exact) mass is 519 g/mol. The van der Waals surface area contributed by atoms with E-state index in [2.05, 4.69) is 52.2 Å². The Hall–Kier alpha value is -3.33. The number of carbonyl (C=O) groups excluding carboxylic acids is 3. The fourth-order valence-corrected chi connectivity index (χ4v) is 6.16. The molecule has 37 heavy (non-hydrogen) atoms. The Morgan fingerprint density at radius 3 is 2.35 bits per heavy atom. The van der Waals surface area contributed by atoms with Crippen molar-refractivity contribution < 1.29 is 14.4 Å². The average molecular weight is 520 g/mol. The maximum absolute atomic E-state index is 13.1. The van der Waals surface area contributed by atoms with Crippen molar-refractivity contribution in [2.75, 3.05) is 49.5 Å². The van der Waals surface area contributed by atoms with Gasteiger partial charge >= 0.3 is 0 Å². The number of hydrogen-bond donors (Lipinski definition) is 1. The van der Waals surface area contributed by atoms with E-state index in [0.717, 1.165) is 44.2 Å². The van der Waals surface area contributed by atoms with Crippen molar-refractivity contribution >= 4 is 46.0 Å². The number of hydrogen-bond acceptors (Lipinski definition) is 6. The molecule has 0 aromatic heterocycles. The molecule has 2 aromatic rings. The van der Waals surface area contributed by atoms with E-state index in [4.69, 9.17) is 0 Å². The van der Waals surface area contributed by atoms with Crippen LogP contribution in [0.5, 0.6) is 0 Å². The van der Waals surface area contributed by atoms with Crippen molar-refractivity contribution in [1.82, 2.24) is 9.80 Å². The van der Waals surface area contributed by atoms with Crippen LogP contribution in [0.25, 0.3) is 0 Å². The molecule has 0 unspecified atom stereocenters. The van der Waals surface area contributed by atoms with Gasteiger partial charge in [-0.05, 0) is 68.1 Å². The third-order valence-electron chi connectivity index (χ3n) is 7.38. The summed E-state index contributed by atoms with van der Waals surface area (Å²) in [6, 6.07) is 13.3. The van der Waals surface area contributed by atoms with Crippen molar-refractivity contribution in [3.8, 4) is 0 Å². The molecule has 3 heterocycles. The van der Waals surface area contributed by atoms with Crippen LogP contribution in [0.3, 0.4) is 0 Å². The van der Waals surface area contributed by atoms with Crippen LogP contribution in [-0.2, 0) is 9.59 Å². The minimum Gasteiger partial charge on any atom is -0.368 e. The predicted octanol–water partition coefficient (Wildman–Crippen LogP) is 3.69. The van der Waals surface area contributed by atoms with Gasteiger partial charge in [-0.15, -0.1) is 0 Å². The van der Waals surface area contributed by atoms with E-state index < -0.39 is 5.25 Å². The Morgan fingerprint density at radius 1 is 0.946 bits per heavy atom. The van der Waals surface area contributed by atoms with Crippen molar-refractivity contribution in [1.29, 1.82) is 0 Å². The van der Waals surface area contributed by atoms with Crippen LogP contribution in [0, 0.1) is 13.8 Å². The molecule has 1 atom stereocenters. The van der Waals surface area contributed by atoms with Crippen LogP contribution in [0.4, 0.5) is 11.4 Å². The first-order chi connectivity index (χ1) is 17.9. The number of nitrogens with zero attached hydrogens (tertiary/aromatic N) is 4. The summed E-state index contributed by atoms with van der Waals surface area (Å²) in [5, 5.41) is 3.13. The molecule has 2 fully saturated rings. The maximum atomic E-state index is 13.1. The van der Waals surface area contributed by atoms with E-state index in [-0.39, 0.29) is 24.1 Å². The smallest absolute Gasteiger partial charge is 0.262 e. The average Bonchev–Trinajstić information content (AvgIpc) is 3.56. The summed E-state index contributed by atoms with van der Waals surface area (Å²) < 4.78 is 0. The molecular formula is C28H33N5O3S. The van der Waals surface area contributed by atoms with Gasteiger partial charge in [0, 0.05) is 62.6 Å². The number of anilines is 2. The van der Waals surface area contributed by atoms with Gasteiger partial charge in [0.1, 0.15) is 5.25 Å². The molecule has 2 saturated heterocycles. The molecule has 3 amide bonds. The number of piperazine rings is 1. The highest BCUT2D eigenvalue weighted by Crippen LogP contribution is 2.29. The molecule has 0 saturated carbocycles. The number of rotatable bonds is 5. The highest BCUT2D eigenvalue weighted by Gasteiger charge is 2.33. The minimum atomic E-state index is -0.473. The van der Waals surface area contributed by atoms with Crippen LogP contribution in [0.2, 0.25) is 0 Å². The van der Waals surface area contributed by atoms with E-state index in [1.165, 1.54) is 28.6 Å². The highest BCUT2D eigenvalue weighted by molar-refractivity contribution is 8.15. The van der Waals surface area contributed by atoms with Gasteiger partial charge in [0.15, 0.2) is 5.17 Å². The lowest BCUT2D eigenvalue weighted by Crippen LogP contribution is -2.49. The topological polar surface area (TPSA) is 85.3 Å². The first-order valence-corrected chi connectivity index (χ1v) is 13.8. The zero-order valence-electron chi connectivity index (χ0n) is 21.4. The van der Waals surface area contributed by atoms with Gasteiger partial charge in [-0.2, -0.15) is 4.99 Å². The quantitative estimate of drug-likeness (QED) is 0.649. The van der Waals surface area contributed by atoms with Gasteiger partial charge in [-0.1, -0.05) is 23.9 Å². The molecule has 2 aromatic carbocycles. The summed E-state index contributed by atoms with van der Waals surface area (Å²) in [5.41, 5.74) is 5.01. The summed E-state index contributed by atoms with van der Waals surface area (Å²) >= 11 is 1.39. The molecule has 194 valence electrons. The van der Waals surface area contributed by atoms with Crippen LogP contribution in [-0.4, -0.2) is 77.2 Å². The molecule has 0 spiro atoms. The normalized spacial score (nSPS) is 19.8. The summed E-state index contributed by atoms with van der Waals surface area (Å²) in [6.07, 6.45) is 2.30. The molecule has 3 aliphatic heterocycles.